The summed E-state index contributed by atoms with van der Waals surface area (Å²) in [5.74, 6) is 0. The number of likely N-dealkylation sites (N-methyl/N-ethyl adjacent to an activating group) is 2. The Morgan fingerprint density at radius 2 is 1.32 bits per heavy atom. The number of nitrogens with zero attached hydrogens (tertiary/aromatic N) is 2. The molecule has 4 amide bonds. The molecule has 0 atom stereocenters. The maximum Gasteiger partial charge on any atom is 0.310 e. The molecule has 7 heteroatoms. The summed E-state index contributed by atoms with van der Waals surface area (Å²) in [4.78, 5) is 32.4. The minimum Gasteiger partial charge on any atom is -0.347 e. The van der Waals surface area contributed by atoms with Crippen molar-refractivity contribution in [3.05, 3.63) is 25.3 Å². The van der Waals surface area contributed by atoms with Crippen molar-refractivity contribution in [1.82, 2.24) is 19.8 Å². The molecule has 19 heavy (non-hydrogen) atoms. The molecule has 0 saturated carbocycles. The standard InChI is InChI=1S/C12H24N4O2Si/c1-7-9-15(3)11(17)13-19(5,6)14-12(18)16(4)10-8-2/h7-8H,1-2,9-10H2,3-6H3,(H,13,17)(H,14,18). The lowest BCUT2D eigenvalue weighted by Crippen LogP contribution is -2.65. The van der Waals surface area contributed by atoms with Gasteiger partial charge in [0.25, 0.3) is 8.40 Å². The maximum absolute atomic E-state index is 11.8. The number of hydrogen-bond donors (Lipinski definition) is 2. The van der Waals surface area contributed by atoms with E-state index in [0.717, 1.165) is 0 Å². The highest BCUT2D eigenvalue weighted by Crippen LogP contribution is 1.97. The Morgan fingerprint density at radius 1 is 1.00 bits per heavy atom. The van der Waals surface area contributed by atoms with Crippen LogP contribution in [0.5, 0.6) is 0 Å². The molecule has 0 spiro atoms. The molecule has 0 bridgehead atoms. The van der Waals surface area contributed by atoms with Crippen LogP contribution in [0.4, 0.5) is 9.59 Å². The third kappa shape index (κ3) is 6.66. The van der Waals surface area contributed by atoms with Crippen LogP contribution in [0.1, 0.15) is 0 Å². The van der Waals surface area contributed by atoms with Gasteiger partial charge in [-0.25, -0.2) is 9.59 Å². The van der Waals surface area contributed by atoms with Gasteiger partial charge in [-0.2, -0.15) is 0 Å². The molecule has 0 unspecified atom stereocenters. The lowest BCUT2D eigenvalue weighted by molar-refractivity contribution is 0.216. The predicted octanol–water partition coefficient (Wildman–Crippen LogP) is 1.34. The molecule has 0 fully saturated rings. The van der Waals surface area contributed by atoms with Crippen LogP contribution in [0.25, 0.3) is 0 Å². The Bertz CT molecular complexity index is 326. The smallest absolute Gasteiger partial charge is 0.310 e. The van der Waals surface area contributed by atoms with Crippen LogP contribution < -0.4 is 9.96 Å². The fourth-order valence-corrected chi connectivity index (χ4v) is 2.82. The molecule has 6 nitrogen and oxygen atoms in total. The molecule has 0 aliphatic rings. The summed E-state index contributed by atoms with van der Waals surface area (Å²) < 4.78 is 0. The number of nitrogens with one attached hydrogen (secondary N) is 2. The van der Waals surface area contributed by atoms with Crippen molar-refractivity contribution in [1.29, 1.82) is 0 Å². The molecule has 108 valence electrons. The summed E-state index contributed by atoms with van der Waals surface area (Å²) in [7, 11) is 0.983. The van der Waals surface area contributed by atoms with Crippen LogP contribution in [0.2, 0.25) is 13.1 Å². The second-order valence-electron chi connectivity index (χ2n) is 4.82. The Hall–Kier alpha value is -1.76. The van der Waals surface area contributed by atoms with Crippen molar-refractivity contribution in [3.63, 3.8) is 0 Å². The van der Waals surface area contributed by atoms with Crippen LogP contribution in [0.15, 0.2) is 25.3 Å². The number of urea groups is 2. The largest absolute Gasteiger partial charge is 0.347 e. The second kappa shape index (κ2) is 7.62. The van der Waals surface area contributed by atoms with Crippen molar-refractivity contribution in [2.75, 3.05) is 27.2 Å². The monoisotopic (exact) mass is 284 g/mol. The van der Waals surface area contributed by atoms with Crippen molar-refractivity contribution in [3.8, 4) is 0 Å². The minimum absolute atomic E-state index is 0.219. The highest BCUT2D eigenvalue weighted by Gasteiger charge is 2.28. The lowest BCUT2D eigenvalue weighted by atomic mass is 10.6. The first-order valence-electron chi connectivity index (χ1n) is 6.02. The van der Waals surface area contributed by atoms with Gasteiger partial charge in [0.15, 0.2) is 0 Å². The zero-order chi connectivity index (χ0) is 15.1. The molecule has 0 saturated heterocycles. The number of carbonyl (C=O) groups is 2. The highest BCUT2D eigenvalue weighted by molar-refractivity contribution is 6.76. The molecule has 0 aliphatic carbocycles. The van der Waals surface area contributed by atoms with E-state index in [2.05, 4.69) is 23.1 Å². The summed E-state index contributed by atoms with van der Waals surface area (Å²) in [6.07, 6.45) is 3.29. The fourth-order valence-electron chi connectivity index (χ4n) is 1.31. The van der Waals surface area contributed by atoms with E-state index >= 15 is 0 Å². The van der Waals surface area contributed by atoms with E-state index in [-0.39, 0.29) is 12.1 Å². The molecule has 0 aromatic rings. The SMILES string of the molecule is C=CCN(C)C(=O)N[Si](C)(C)NC(=O)N(C)CC=C. The van der Waals surface area contributed by atoms with Crippen molar-refractivity contribution >= 4 is 20.5 Å². The fraction of sp³-hybridized carbons (Fsp3) is 0.500. The Labute approximate surface area is 116 Å². The van der Waals surface area contributed by atoms with Crippen LogP contribution >= 0.6 is 0 Å². The van der Waals surface area contributed by atoms with Crippen LogP contribution in [0.3, 0.4) is 0 Å². The molecule has 0 rings (SSSR count). The third-order valence-corrected chi connectivity index (χ3v) is 4.02. The minimum atomic E-state index is -2.36. The normalized spacial score (nSPS) is 10.3. The summed E-state index contributed by atoms with van der Waals surface area (Å²) >= 11 is 0. The van der Waals surface area contributed by atoms with Gasteiger partial charge in [0.05, 0.1) is 0 Å². The van der Waals surface area contributed by atoms with Crippen LogP contribution in [-0.4, -0.2) is 57.4 Å². The third-order valence-electron chi connectivity index (χ3n) is 2.34. The summed E-state index contributed by atoms with van der Waals surface area (Å²) in [5, 5.41) is 0. The Morgan fingerprint density at radius 3 is 1.58 bits per heavy atom. The average molecular weight is 284 g/mol. The Kier molecular flexibility index (Phi) is 6.92. The van der Waals surface area contributed by atoms with E-state index in [4.69, 9.17) is 0 Å². The van der Waals surface area contributed by atoms with Crippen LogP contribution in [-0.2, 0) is 0 Å². The van der Waals surface area contributed by atoms with Gasteiger partial charge < -0.3 is 19.8 Å². The first-order valence-corrected chi connectivity index (χ1v) is 9.02. The van der Waals surface area contributed by atoms with Gasteiger partial charge in [-0.1, -0.05) is 12.2 Å². The van der Waals surface area contributed by atoms with E-state index in [1.807, 2.05) is 13.1 Å². The van der Waals surface area contributed by atoms with Gasteiger partial charge in [-0.05, 0) is 13.1 Å². The van der Waals surface area contributed by atoms with E-state index < -0.39 is 8.40 Å². The molecule has 0 aromatic carbocycles. The average Bonchev–Trinajstić information content (AvgIpc) is 2.28. The van der Waals surface area contributed by atoms with Crippen molar-refractivity contribution in [2.24, 2.45) is 0 Å². The summed E-state index contributed by atoms with van der Waals surface area (Å²) in [6, 6.07) is -0.438. The van der Waals surface area contributed by atoms with Crippen molar-refractivity contribution < 1.29 is 9.59 Å². The predicted molar refractivity (Wildman–Crippen MR) is 80.2 cm³/mol. The summed E-state index contributed by atoms with van der Waals surface area (Å²) in [5.41, 5.74) is 0. The number of carbonyl (C=O) groups excluding carboxylic acids is 2. The van der Waals surface area contributed by atoms with Crippen molar-refractivity contribution in [2.45, 2.75) is 13.1 Å². The van der Waals surface area contributed by atoms with Gasteiger partial charge in [-0.15, -0.1) is 13.2 Å². The molecular weight excluding hydrogens is 260 g/mol. The van der Waals surface area contributed by atoms with E-state index in [9.17, 15) is 9.59 Å². The molecule has 2 N–H and O–H groups in total. The van der Waals surface area contributed by atoms with E-state index in [0.29, 0.717) is 13.1 Å². The lowest BCUT2D eigenvalue weighted by Gasteiger charge is -2.29. The first kappa shape index (κ1) is 17.2. The molecule has 0 heterocycles. The topological polar surface area (TPSA) is 64.7 Å². The van der Waals surface area contributed by atoms with Gasteiger partial charge in [-0.3, -0.25) is 0 Å². The molecule has 0 aliphatic heterocycles. The maximum atomic E-state index is 11.8. The number of amides is 4. The van der Waals surface area contributed by atoms with Gasteiger partial charge in [0.1, 0.15) is 0 Å². The molecule has 0 radical (unpaired) electrons. The van der Waals surface area contributed by atoms with Gasteiger partial charge >= 0.3 is 12.1 Å². The quantitative estimate of drug-likeness (QED) is 0.571. The van der Waals surface area contributed by atoms with E-state index in [1.165, 1.54) is 9.80 Å². The highest BCUT2D eigenvalue weighted by atomic mass is 28.3. The number of hydrogen-bond acceptors (Lipinski definition) is 2. The van der Waals surface area contributed by atoms with Crippen LogP contribution in [0, 0.1) is 0 Å². The van der Waals surface area contributed by atoms with Gasteiger partial charge in [0.2, 0.25) is 0 Å². The molecular formula is C12H24N4O2Si. The second-order valence-corrected chi connectivity index (χ2v) is 8.57. The van der Waals surface area contributed by atoms with E-state index in [1.54, 1.807) is 26.2 Å². The Balaban J connectivity index is 4.46. The first-order chi connectivity index (χ1) is 8.73. The zero-order valence-corrected chi connectivity index (χ0v) is 13.2. The molecule has 0 aromatic heterocycles. The number of rotatable bonds is 6. The van der Waals surface area contributed by atoms with Gasteiger partial charge in [0, 0.05) is 27.2 Å². The summed E-state index contributed by atoms with van der Waals surface area (Å²) in [6.45, 7) is 11.8. The zero-order valence-electron chi connectivity index (χ0n) is 12.2.